The van der Waals surface area contributed by atoms with Crippen LogP contribution in [0.5, 0.6) is 0 Å². The van der Waals surface area contributed by atoms with E-state index in [2.05, 4.69) is 27.3 Å². The molecule has 0 radical (unpaired) electrons. The molecule has 24 heavy (non-hydrogen) atoms. The first-order valence-corrected chi connectivity index (χ1v) is 8.76. The highest BCUT2D eigenvalue weighted by Gasteiger charge is 2.37. The Morgan fingerprint density at radius 1 is 1.04 bits per heavy atom. The molecule has 4 rings (SSSR count). The monoisotopic (exact) mass is 321 g/mol. The summed E-state index contributed by atoms with van der Waals surface area (Å²) in [5, 5.41) is 3.73. The van der Waals surface area contributed by atoms with E-state index >= 15 is 0 Å². The number of ketones is 1. The molecule has 3 heterocycles. The summed E-state index contributed by atoms with van der Waals surface area (Å²) in [4.78, 5) is 19.0. The number of fused-ring (bicyclic) bond motifs is 1. The zero-order valence-corrected chi connectivity index (χ0v) is 13.9. The second-order valence-electron chi connectivity index (χ2n) is 7.01. The second-order valence-corrected chi connectivity index (χ2v) is 7.01. The average molecular weight is 321 g/mol. The normalized spacial score (nSPS) is 20.2. The minimum absolute atomic E-state index is 0.0665. The Labute approximate surface area is 142 Å². The molecule has 2 aliphatic heterocycles. The van der Waals surface area contributed by atoms with Crippen molar-refractivity contribution in [3.63, 3.8) is 0 Å². The standard InChI is InChI=1S/C20H23N3O/c24-19-5-8-20(22-18-4-2-1-3-17(18)19)9-13-23(14-10-20)15-16-6-11-21-12-7-16/h1-4,6-7,11-12,22H,5,8-10,13-15H2. The van der Waals surface area contributed by atoms with E-state index in [-0.39, 0.29) is 11.3 Å². The first-order chi connectivity index (χ1) is 11.7. The molecule has 0 aliphatic carbocycles. The van der Waals surface area contributed by atoms with Crippen molar-refractivity contribution in [3.8, 4) is 0 Å². The number of likely N-dealkylation sites (tertiary alicyclic amines) is 1. The van der Waals surface area contributed by atoms with Crippen LogP contribution in [0.25, 0.3) is 0 Å². The molecule has 4 nitrogen and oxygen atoms in total. The van der Waals surface area contributed by atoms with E-state index in [1.54, 1.807) is 0 Å². The predicted molar refractivity (Wildman–Crippen MR) is 95.1 cm³/mol. The van der Waals surface area contributed by atoms with Crippen molar-refractivity contribution in [2.45, 2.75) is 37.8 Å². The quantitative estimate of drug-likeness (QED) is 0.919. The highest BCUT2D eigenvalue weighted by atomic mass is 16.1. The summed E-state index contributed by atoms with van der Waals surface area (Å²) in [5.74, 6) is 0.272. The van der Waals surface area contributed by atoms with Crippen molar-refractivity contribution in [2.75, 3.05) is 18.4 Å². The van der Waals surface area contributed by atoms with Gasteiger partial charge in [0.25, 0.3) is 0 Å². The largest absolute Gasteiger partial charge is 0.379 e. The maximum Gasteiger partial charge on any atom is 0.165 e. The molecule has 0 unspecified atom stereocenters. The van der Waals surface area contributed by atoms with Crippen molar-refractivity contribution in [3.05, 3.63) is 59.9 Å². The van der Waals surface area contributed by atoms with Crippen LogP contribution in [0.4, 0.5) is 5.69 Å². The molecule has 2 aromatic rings. The van der Waals surface area contributed by atoms with Gasteiger partial charge in [-0.15, -0.1) is 0 Å². The lowest BCUT2D eigenvalue weighted by Gasteiger charge is -2.42. The van der Waals surface area contributed by atoms with Gasteiger partial charge in [0.1, 0.15) is 0 Å². The molecule has 0 saturated carbocycles. The number of hydrogen-bond donors (Lipinski definition) is 1. The first-order valence-electron chi connectivity index (χ1n) is 8.76. The van der Waals surface area contributed by atoms with Gasteiger partial charge < -0.3 is 5.32 Å². The summed E-state index contributed by atoms with van der Waals surface area (Å²) in [7, 11) is 0. The third kappa shape index (κ3) is 3.06. The molecule has 0 atom stereocenters. The summed E-state index contributed by atoms with van der Waals surface area (Å²) < 4.78 is 0. The Kier molecular flexibility index (Phi) is 4.07. The number of nitrogens with zero attached hydrogens (tertiary/aromatic N) is 2. The molecule has 124 valence electrons. The zero-order valence-electron chi connectivity index (χ0n) is 13.9. The third-order valence-electron chi connectivity index (χ3n) is 5.43. The summed E-state index contributed by atoms with van der Waals surface area (Å²) in [6, 6.07) is 12.1. The zero-order chi connectivity index (χ0) is 16.4. The number of carbonyl (C=O) groups excluding carboxylic acids is 1. The van der Waals surface area contributed by atoms with E-state index in [1.807, 2.05) is 36.7 Å². The van der Waals surface area contributed by atoms with Crippen molar-refractivity contribution in [1.82, 2.24) is 9.88 Å². The van der Waals surface area contributed by atoms with Crippen molar-refractivity contribution in [2.24, 2.45) is 0 Å². The van der Waals surface area contributed by atoms with Gasteiger partial charge in [0.15, 0.2) is 5.78 Å². The molecular weight excluding hydrogens is 298 g/mol. The Bertz CT molecular complexity index is 721. The maximum atomic E-state index is 12.4. The molecule has 1 spiro atoms. The molecule has 2 aliphatic rings. The van der Waals surface area contributed by atoms with Crippen LogP contribution in [0.1, 0.15) is 41.6 Å². The Balaban J connectivity index is 1.46. The van der Waals surface area contributed by atoms with Gasteiger partial charge >= 0.3 is 0 Å². The Morgan fingerprint density at radius 3 is 2.58 bits per heavy atom. The van der Waals surface area contributed by atoms with E-state index < -0.39 is 0 Å². The molecule has 1 aromatic carbocycles. The number of nitrogens with one attached hydrogen (secondary N) is 1. The lowest BCUT2D eigenvalue weighted by atomic mass is 9.83. The molecule has 0 amide bonds. The van der Waals surface area contributed by atoms with Gasteiger partial charge in [0.2, 0.25) is 0 Å². The van der Waals surface area contributed by atoms with Gasteiger partial charge in [-0.3, -0.25) is 14.7 Å². The summed E-state index contributed by atoms with van der Waals surface area (Å²) >= 11 is 0. The lowest BCUT2D eigenvalue weighted by Crippen LogP contribution is -2.48. The summed E-state index contributed by atoms with van der Waals surface area (Å²) in [6.45, 7) is 3.10. The van der Waals surface area contributed by atoms with E-state index in [1.165, 1.54) is 5.56 Å². The van der Waals surface area contributed by atoms with Gasteiger partial charge in [-0.05, 0) is 49.1 Å². The topological polar surface area (TPSA) is 45.2 Å². The molecule has 1 aromatic heterocycles. The molecular formula is C20H23N3O. The number of hydrogen-bond acceptors (Lipinski definition) is 4. The van der Waals surface area contributed by atoms with E-state index in [9.17, 15) is 4.79 Å². The van der Waals surface area contributed by atoms with Gasteiger partial charge in [-0.2, -0.15) is 0 Å². The Morgan fingerprint density at radius 2 is 1.79 bits per heavy atom. The van der Waals surface area contributed by atoms with E-state index in [0.717, 1.165) is 50.1 Å². The van der Waals surface area contributed by atoms with Gasteiger partial charge in [-0.25, -0.2) is 0 Å². The van der Waals surface area contributed by atoms with Crippen LogP contribution < -0.4 is 5.32 Å². The number of Topliss-reactive ketones (excluding diaryl/α,β-unsaturated/α-hetero) is 1. The van der Waals surface area contributed by atoms with Crippen LogP contribution in [0.15, 0.2) is 48.8 Å². The summed E-state index contributed by atoms with van der Waals surface area (Å²) in [5.41, 5.74) is 3.25. The second kappa shape index (κ2) is 6.36. The van der Waals surface area contributed by atoms with E-state index in [0.29, 0.717) is 6.42 Å². The molecule has 1 fully saturated rings. The number of anilines is 1. The van der Waals surface area contributed by atoms with Gasteiger partial charge in [0, 0.05) is 55.2 Å². The van der Waals surface area contributed by atoms with E-state index in [4.69, 9.17) is 0 Å². The predicted octanol–water partition coefficient (Wildman–Crippen LogP) is 3.50. The smallest absolute Gasteiger partial charge is 0.165 e. The number of carbonyl (C=O) groups is 1. The van der Waals surface area contributed by atoms with Crippen molar-refractivity contribution >= 4 is 11.5 Å². The summed E-state index contributed by atoms with van der Waals surface area (Å²) in [6.07, 6.45) is 7.46. The molecule has 4 heteroatoms. The van der Waals surface area contributed by atoms with Crippen molar-refractivity contribution in [1.29, 1.82) is 0 Å². The fraction of sp³-hybridized carbons (Fsp3) is 0.400. The highest BCUT2D eigenvalue weighted by Crippen LogP contribution is 2.36. The van der Waals surface area contributed by atoms with Crippen LogP contribution in [0.3, 0.4) is 0 Å². The number of pyridine rings is 1. The van der Waals surface area contributed by atoms with Crippen molar-refractivity contribution < 1.29 is 4.79 Å². The fourth-order valence-electron chi connectivity index (χ4n) is 3.93. The van der Waals surface area contributed by atoms with Crippen LogP contribution >= 0.6 is 0 Å². The number of para-hydroxylation sites is 1. The molecule has 1 saturated heterocycles. The average Bonchev–Trinajstić information content (AvgIpc) is 2.76. The fourth-order valence-corrected chi connectivity index (χ4v) is 3.93. The maximum absolute atomic E-state index is 12.4. The van der Waals surface area contributed by atoms with Crippen LogP contribution in [0.2, 0.25) is 0 Å². The Hall–Kier alpha value is -2.20. The number of piperidine rings is 1. The highest BCUT2D eigenvalue weighted by molar-refractivity contribution is 6.02. The molecule has 0 bridgehead atoms. The first kappa shape index (κ1) is 15.3. The number of benzene rings is 1. The van der Waals surface area contributed by atoms with Crippen LogP contribution in [-0.4, -0.2) is 34.3 Å². The van der Waals surface area contributed by atoms with Crippen LogP contribution in [0, 0.1) is 0 Å². The minimum Gasteiger partial charge on any atom is -0.379 e. The van der Waals surface area contributed by atoms with Gasteiger partial charge in [0.05, 0.1) is 0 Å². The molecule has 1 N–H and O–H groups in total. The number of rotatable bonds is 2. The number of aromatic nitrogens is 1. The SMILES string of the molecule is O=C1CCC2(CCN(Cc3ccncc3)CC2)Nc2ccccc21. The van der Waals surface area contributed by atoms with Crippen LogP contribution in [-0.2, 0) is 6.54 Å². The third-order valence-corrected chi connectivity index (χ3v) is 5.43. The minimum atomic E-state index is 0.0665. The van der Waals surface area contributed by atoms with Gasteiger partial charge in [-0.1, -0.05) is 12.1 Å². The lowest BCUT2D eigenvalue weighted by molar-refractivity contribution is 0.0964.